The standard InChI is InChI=1S/C23H30N2/c1-2-3-4-5-6-7-8-9-13-18-19-14-10-11-17-22(19)25-23-20(18)15-12-16-21(23)24/h10-12,14-17H,2-9,13,24H2,1H3. The van der Waals surface area contributed by atoms with Crippen LogP contribution in [0.3, 0.4) is 0 Å². The molecule has 2 nitrogen and oxygen atoms in total. The average molecular weight is 335 g/mol. The van der Waals surface area contributed by atoms with Crippen molar-refractivity contribution in [2.75, 3.05) is 5.73 Å². The van der Waals surface area contributed by atoms with E-state index in [0.29, 0.717) is 0 Å². The van der Waals surface area contributed by atoms with Gasteiger partial charge in [0.1, 0.15) is 0 Å². The molecule has 0 bridgehead atoms. The Hall–Kier alpha value is -2.09. The largest absolute Gasteiger partial charge is 0.397 e. The van der Waals surface area contributed by atoms with E-state index in [9.17, 15) is 0 Å². The van der Waals surface area contributed by atoms with Crippen LogP contribution < -0.4 is 5.73 Å². The first-order valence-electron chi connectivity index (χ1n) is 9.87. The van der Waals surface area contributed by atoms with Crippen LogP contribution in [-0.4, -0.2) is 4.98 Å². The molecule has 2 N–H and O–H groups in total. The third-order valence-corrected chi connectivity index (χ3v) is 5.13. The number of para-hydroxylation sites is 2. The van der Waals surface area contributed by atoms with E-state index < -0.39 is 0 Å². The van der Waals surface area contributed by atoms with Gasteiger partial charge < -0.3 is 5.73 Å². The summed E-state index contributed by atoms with van der Waals surface area (Å²) in [6, 6.07) is 14.6. The van der Waals surface area contributed by atoms with Crippen LogP contribution in [0.4, 0.5) is 5.69 Å². The highest BCUT2D eigenvalue weighted by atomic mass is 14.7. The lowest BCUT2D eigenvalue weighted by Gasteiger charge is -2.12. The third kappa shape index (κ3) is 4.31. The Morgan fingerprint density at radius 3 is 2.24 bits per heavy atom. The van der Waals surface area contributed by atoms with Gasteiger partial charge in [0, 0.05) is 10.8 Å². The number of anilines is 1. The van der Waals surface area contributed by atoms with E-state index in [0.717, 1.165) is 23.1 Å². The molecular formula is C23H30N2. The lowest BCUT2D eigenvalue weighted by molar-refractivity contribution is 0.576. The second-order valence-corrected chi connectivity index (χ2v) is 7.08. The molecule has 0 amide bonds. The fourth-order valence-corrected chi connectivity index (χ4v) is 3.73. The molecule has 1 aromatic heterocycles. The monoisotopic (exact) mass is 334 g/mol. The first-order valence-corrected chi connectivity index (χ1v) is 9.87. The highest BCUT2D eigenvalue weighted by molar-refractivity contribution is 6.01. The average Bonchev–Trinajstić information content (AvgIpc) is 2.64. The van der Waals surface area contributed by atoms with Gasteiger partial charge in [0.15, 0.2) is 0 Å². The molecule has 2 aromatic carbocycles. The number of nitrogens with zero attached hydrogens (tertiary/aromatic N) is 1. The van der Waals surface area contributed by atoms with E-state index in [1.54, 1.807) is 0 Å². The molecule has 0 fully saturated rings. The second-order valence-electron chi connectivity index (χ2n) is 7.08. The maximum Gasteiger partial charge on any atom is 0.0941 e. The summed E-state index contributed by atoms with van der Waals surface area (Å²) in [5, 5.41) is 2.50. The third-order valence-electron chi connectivity index (χ3n) is 5.13. The van der Waals surface area contributed by atoms with Crippen LogP contribution in [0.25, 0.3) is 21.8 Å². The van der Waals surface area contributed by atoms with Gasteiger partial charge in [-0.1, -0.05) is 82.2 Å². The minimum atomic E-state index is 0.778. The molecule has 1 heterocycles. The zero-order valence-corrected chi connectivity index (χ0v) is 15.4. The van der Waals surface area contributed by atoms with Crippen molar-refractivity contribution in [1.29, 1.82) is 0 Å². The normalized spacial score (nSPS) is 11.4. The quantitative estimate of drug-likeness (QED) is 0.270. The van der Waals surface area contributed by atoms with E-state index in [1.807, 2.05) is 12.1 Å². The predicted molar refractivity (Wildman–Crippen MR) is 110 cm³/mol. The van der Waals surface area contributed by atoms with Gasteiger partial charge in [-0.05, 0) is 30.5 Å². The van der Waals surface area contributed by atoms with Gasteiger partial charge in [-0.25, -0.2) is 4.98 Å². The van der Waals surface area contributed by atoms with Crippen LogP contribution in [0.2, 0.25) is 0 Å². The summed E-state index contributed by atoms with van der Waals surface area (Å²) in [5.41, 5.74) is 10.4. The first-order chi connectivity index (χ1) is 12.3. The van der Waals surface area contributed by atoms with E-state index in [-0.39, 0.29) is 0 Å². The minimum Gasteiger partial charge on any atom is -0.397 e. The molecule has 0 atom stereocenters. The lowest BCUT2D eigenvalue weighted by atomic mass is 9.96. The zero-order chi connectivity index (χ0) is 17.5. The summed E-state index contributed by atoms with van der Waals surface area (Å²) in [7, 11) is 0. The van der Waals surface area contributed by atoms with Gasteiger partial charge in [-0.3, -0.25) is 0 Å². The Balaban J connectivity index is 1.72. The number of nitrogen functional groups attached to an aromatic ring is 1. The molecule has 0 spiro atoms. The molecular weight excluding hydrogens is 304 g/mol. The SMILES string of the molecule is CCCCCCCCCCc1c2ccccc2nc2c(N)cccc12. The van der Waals surface area contributed by atoms with Gasteiger partial charge >= 0.3 is 0 Å². The van der Waals surface area contributed by atoms with Crippen molar-refractivity contribution >= 4 is 27.5 Å². The molecule has 132 valence electrons. The van der Waals surface area contributed by atoms with Crippen molar-refractivity contribution in [1.82, 2.24) is 4.98 Å². The van der Waals surface area contributed by atoms with Crippen molar-refractivity contribution in [3.63, 3.8) is 0 Å². The number of pyridine rings is 1. The summed E-state index contributed by atoms with van der Waals surface area (Å²) < 4.78 is 0. The Labute approximate surface area is 151 Å². The lowest BCUT2D eigenvalue weighted by Crippen LogP contribution is -1.96. The molecule has 0 saturated carbocycles. The fourth-order valence-electron chi connectivity index (χ4n) is 3.73. The van der Waals surface area contributed by atoms with E-state index in [1.165, 1.54) is 67.7 Å². The Bertz CT molecular complexity index is 823. The number of rotatable bonds is 9. The van der Waals surface area contributed by atoms with Crippen LogP contribution in [-0.2, 0) is 6.42 Å². The Morgan fingerprint density at radius 1 is 0.760 bits per heavy atom. The molecule has 0 aliphatic rings. The predicted octanol–water partition coefficient (Wildman–Crippen LogP) is 6.65. The molecule has 0 aliphatic heterocycles. The number of aromatic nitrogens is 1. The fraction of sp³-hybridized carbons (Fsp3) is 0.435. The van der Waals surface area contributed by atoms with Crippen LogP contribution in [0.1, 0.15) is 63.9 Å². The number of fused-ring (bicyclic) bond motifs is 2. The topological polar surface area (TPSA) is 38.9 Å². The highest BCUT2D eigenvalue weighted by Crippen LogP contribution is 2.30. The van der Waals surface area contributed by atoms with Crippen molar-refractivity contribution < 1.29 is 0 Å². The van der Waals surface area contributed by atoms with Crippen molar-refractivity contribution in [3.05, 3.63) is 48.0 Å². The zero-order valence-electron chi connectivity index (χ0n) is 15.4. The molecule has 2 heteroatoms. The van der Waals surface area contributed by atoms with E-state index in [4.69, 9.17) is 10.7 Å². The van der Waals surface area contributed by atoms with Gasteiger partial charge in [-0.15, -0.1) is 0 Å². The number of unbranched alkanes of at least 4 members (excludes halogenated alkanes) is 7. The van der Waals surface area contributed by atoms with E-state index >= 15 is 0 Å². The van der Waals surface area contributed by atoms with Gasteiger partial charge in [-0.2, -0.15) is 0 Å². The van der Waals surface area contributed by atoms with Crippen LogP contribution in [0, 0.1) is 0 Å². The number of hydrogen-bond donors (Lipinski definition) is 1. The van der Waals surface area contributed by atoms with Crippen molar-refractivity contribution in [3.8, 4) is 0 Å². The summed E-state index contributed by atoms with van der Waals surface area (Å²) in [5.74, 6) is 0. The maximum absolute atomic E-state index is 6.19. The highest BCUT2D eigenvalue weighted by Gasteiger charge is 2.10. The van der Waals surface area contributed by atoms with Crippen molar-refractivity contribution in [2.45, 2.75) is 64.7 Å². The molecule has 3 rings (SSSR count). The Morgan fingerprint density at radius 2 is 1.44 bits per heavy atom. The summed E-state index contributed by atoms with van der Waals surface area (Å²) in [6.07, 6.45) is 11.9. The summed E-state index contributed by atoms with van der Waals surface area (Å²) >= 11 is 0. The number of nitrogens with two attached hydrogens (primary N) is 1. The smallest absolute Gasteiger partial charge is 0.0941 e. The molecule has 0 unspecified atom stereocenters. The Kier molecular flexibility index (Phi) is 6.27. The number of benzene rings is 2. The molecule has 0 saturated heterocycles. The summed E-state index contributed by atoms with van der Waals surface area (Å²) in [6.45, 7) is 2.27. The second kappa shape index (κ2) is 8.84. The maximum atomic E-state index is 6.19. The van der Waals surface area contributed by atoms with Gasteiger partial charge in [0.2, 0.25) is 0 Å². The molecule has 0 aliphatic carbocycles. The van der Waals surface area contributed by atoms with Crippen LogP contribution >= 0.6 is 0 Å². The van der Waals surface area contributed by atoms with Crippen molar-refractivity contribution in [2.24, 2.45) is 0 Å². The molecule has 0 radical (unpaired) electrons. The van der Waals surface area contributed by atoms with E-state index in [2.05, 4.69) is 37.3 Å². The number of aryl methyl sites for hydroxylation is 1. The van der Waals surface area contributed by atoms with Crippen LogP contribution in [0.5, 0.6) is 0 Å². The minimum absolute atomic E-state index is 0.778. The molecule has 25 heavy (non-hydrogen) atoms. The van der Waals surface area contributed by atoms with Gasteiger partial charge in [0.25, 0.3) is 0 Å². The van der Waals surface area contributed by atoms with Gasteiger partial charge in [0.05, 0.1) is 16.7 Å². The van der Waals surface area contributed by atoms with Crippen LogP contribution in [0.15, 0.2) is 42.5 Å². The summed E-state index contributed by atoms with van der Waals surface area (Å²) in [4.78, 5) is 4.80. The number of hydrogen-bond acceptors (Lipinski definition) is 2. The molecule has 3 aromatic rings. The first kappa shape index (κ1) is 17.7.